The van der Waals surface area contributed by atoms with Gasteiger partial charge in [0.15, 0.2) is 0 Å². The van der Waals surface area contributed by atoms with Crippen molar-refractivity contribution in [1.29, 1.82) is 0 Å². The van der Waals surface area contributed by atoms with Gasteiger partial charge < -0.3 is 10.2 Å². The summed E-state index contributed by atoms with van der Waals surface area (Å²) in [5.41, 5.74) is 1.12. The number of aromatic nitrogens is 2. The first kappa shape index (κ1) is 15.8. The lowest BCUT2D eigenvalue weighted by atomic mass is 10.2. The highest BCUT2D eigenvalue weighted by Crippen LogP contribution is 2.26. The lowest BCUT2D eigenvalue weighted by molar-refractivity contribution is 0.780. The minimum absolute atomic E-state index is 0.904. The van der Waals surface area contributed by atoms with Gasteiger partial charge in [-0.05, 0) is 31.7 Å². The predicted molar refractivity (Wildman–Crippen MR) is 91.4 cm³/mol. The highest BCUT2D eigenvalue weighted by atomic mass is 32.1. The molecule has 0 saturated heterocycles. The molecule has 0 bridgehead atoms. The molecule has 0 aliphatic carbocycles. The maximum Gasteiger partial charge on any atom is 0.137 e. The zero-order chi connectivity index (χ0) is 15.2. The van der Waals surface area contributed by atoms with E-state index < -0.39 is 0 Å². The van der Waals surface area contributed by atoms with E-state index in [2.05, 4.69) is 53.5 Å². The fraction of sp³-hybridized carbons (Fsp3) is 0.500. The molecule has 2 aromatic rings. The molecule has 4 nitrogen and oxygen atoms in total. The molecule has 2 rings (SSSR count). The minimum atomic E-state index is 0.904. The summed E-state index contributed by atoms with van der Waals surface area (Å²) in [7, 11) is 1.92. The summed E-state index contributed by atoms with van der Waals surface area (Å²) in [4.78, 5) is 13.1. The third kappa shape index (κ3) is 3.73. The molecule has 2 heterocycles. The summed E-state index contributed by atoms with van der Waals surface area (Å²) >= 11 is 1.79. The molecule has 0 aliphatic heterocycles. The highest BCUT2D eigenvalue weighted by molar-refractivity contribution is 7.09. The van der Waals surface area contributed by atoms with E-state index >= 15 is 0 Å². The van der Waals surface area contributed by atoms with Crippen molar-refractivity contribution < 1.29 is 0 Å². The number of anilines is 2. The molecular weight excluding hydrogens is 280 g/mol. The first-order valence-electron chi connectivity index (χ1n) is 7.52. The normalized spacial score (nSPS) is 10.7. The Morgan fingerprint density at radius 3 is 2.67 bits per heavy atom. The lowest BCUT2D eigenvalue weighted by Gasteiger charge is -2.24. The first-order valence-corrected chi connectivity index (χ1v) is 8.40. The van der Waals surface area contributed by atoms with Gasteiger partial charge in [0.25, 0.3) is 0 Å². The number of nitrogens with one attached hydrogen (secondary N) is 1. The van der Waals surface area contributed by atoms with Crippen molar-refractivity contribution in [2.45, 2.75) is 40.2 Å². The van der Waals surface area contributed by atoms with Crippen molar-refractivity contribution in [2.75, 3.05) is 23.8 Å². The number of hydrogen-bond acceptors (Lipinski definition) is 5. The second-order valence-electron chi connectivity index (χ2n) is 5.03. The van der Waals surface area contributed by atoms with E-state index in [0.29, 0.717) is 0 Å². The molecule has 0 atom stereocenters. The molecule has 0 aromatic carbocycles. The van der Waals surface area contributed by atoms with Gasteiger partial charge in [-0.25, -0.2) is 9.97 Å². The van der Waals surface area contributed by atoms with E-state index in [4.69, 9.17) is 4.98 Å². The Labute approximate surface area is 131 Å². The third-order valence-electron chi connectivity index (χ3n) is 3.48. The molecule has 0 saturated carbocycles. The largest absolute Gasteiger partial charge is 0.373 e. The number of nitrogens with zero attached hydrogens (tertiary/aromatic N) is 3. The molecule has 2 aromatic heterocycles. The number of hydrogen-bond donors (Lipinski definition) is 1. The number of thiophene rings is 1. The van der Waals surface area contributed by atoms with E-state index in [9.17, 15) is 0 Å². The molecule has 0 aliphatic rings. The summed E-state index contributed by atoms with van der Waals surface area (Å²) in [5.74, 6) is 2.91. The Hall–Kier alpha value is -1.62. The molecule has 1 N–H and O–H groups in total. The second kappa shape index (κ2) is 7.41. The van der Waals surface area contributed by atoms with Crippen LogP contribution in [0.3, 0.4) is 0 Å². The van der Waals surface area contributed by atoms with Crippen molar-refractivity contribution in [3.05, 3.63) is 33.8 Å². The van der Waals surface area contributed by atoms with Gasteiger partial charge in [-0.15, -0.1) is 11.3 Å². The zero-order valence-corrected chi connectivity index (χ0v) is 14.1. The van der Waals surface area contributed by atoms with Gasteiger partial charge >= 0.3 is 0 Å². The maximum atomic E-state index is 4.80. The van der Waals surface area contributed by atoms with Crippen LogP contribution in [-0.4, -0.2) is 23.6 Å². The van der Waals surface area contributed by atoms with Crippen molar-refractivity contribution in [1.82, 2.24) is 9.97 Å². The minimum Gasteiger partial charge on any atom is -0.373 e. The molecule has 114 valence electrons. The van der Waals surface area contributed by atoms with Crippen LogP contribution in [0.1, 0.15) is 36.5 Å². The van der Waals surface area contributed by atoms with Gasteiger partial charge in [-0.2, -0.15) is 0 Å². The van der Waals surface area contributed by atoms with Crippen LogP contribution >= 0.6 is 11.3 Å². The van der Waals surface area contributed by atoms with Crippen LogP contribution in [0.25, 0.3) is 0 Å². The average molecular weight is 304 g/mol. The Morgan fingerprint density at radius 1 is 1.29 bits per heavy atom. The fourth-order valence-corrected chi connectivity index (χ4v) is 3.08. The fourth-order valence-electron chi connectivity index (χ4n) is 2.36. The summed E-state index contributed by atoms with van der Waals surface area (Å²) in [6.07, 6.45) is 1.97. The van der Waals surface area contributed by atoms with Gasteiger partial charge in [-0.1, -0.05) is 13.0 Å². The van der Waals surface area contributed by atoms with Gasteiger partial charge in [-0.3, -0.25) is 0 Å². The first-order chi connectivity index (χ1) is 10.2. The molecule has 5 heteroatoms. The van der Waals surface area contributed by atoms with Crippen LogP contribution < -0.4 is 10.2 Å². The van der Waals surface area contributed by atoms with Gasteiger partial charge in [0.2, 0.25) is 0 Å². The van der Waals surface area contributed by atoms with Crippen LogP contribution in [0.2, 0.25) is 0 Å². The van der Waals surface area contributed by atoms with Crippen LogP contribution in [0.15, 0.2) is 17.5 Å². The van der Waals surface area contributed by atoms with E-state index in [1.54, 1.807) is 11.3 Å². The summed E-state index contributed by atoms with van der Waals surface area (Å²) in [5, 5.41) is 5.32. The SMILES string of the molecule is CCCc1nc(NC)c(C)c(N(CC)Cc2cccs2)n1. The van der Waals surface area contributed by atoms with E-state index in [-0.39, 0.29) is 0 Å². The Balaban J connectivity index is 2.36. The van der Waals surface area contributed by atoms with Crippen LogP contribution in [0.5, 0.6) is 0 Å². The Bertz CT molecular complexity index is 566. The average Bonchev–Trinajstić information content (AvgIpc) is 3.00. The van der Waals surface area contributed by atoms with Gasteiger partial charge in [0, 0.05) is 30.5 Å². The molecular formula is C16H24N4S. The van der Waals surface area contributed by atoms with Crippen LogP contribution in [0.4, 0.5) is 11.6 Å². The number of aryl methyl sites for hydroxylation is 1. The summed E-state index contributed by atoms with van der Waals surface area (Å²) in [6.45, 7) is 8.26. The zero-order valence-electron chi connectivity index (χ0n) is 13.3. The third-order valence-corrected chi connectivity index (χ3v) is 4.35. The summed E-state index contributed by atoms with van der Waals surface area (Å²) < 4.78 is 0. The highest BCUT2D eigenvalue weighted by Gasteiger charge is 2.15. The second-order valence-corrected chi connectivity index (χ2v) is 6.06. The predicted octanol–water partition coefficient (Wildman–Crippen LogP) is 3.87. The van der Waals surface area contributed by atoms with Gasteiger partial charge in [0.1, 0.15) is 17.5 Å². The number of rotatable bonds is 7. The van der Waals surface area contributed by atoms with Crippen molar-refractivity contribution in [3.63, 3.8) is 0 Å². The summed E-state index contributed by atoms with van der Waals surface area (Å²) in [6, 6.07) is 4.28. The Morgan fingerprint density at radius 2 is 2.10 bits per heavy atom. The van der Waals surface area contributed by atoms with Crippen LogP contribution in [0, 0.1) is 6.92 Å². The van der Waals surface area contributed by atoms with E-state index in [1.165, 1.54) is 4.88 Å². The molecule has 0 fully saturated rings. The quantitative estimate of drug-likeness (QED) is 0.843. The topological polar surface area (TPSA) is 41.1 Å². The van der Waals surface area contributed by atoms with E-state index in [0.717, 1.165) is 49.0 Å². The lowest BCUT2D eigenvalue weighted by Crippen LogP contribution is -2.25. The Kier molecular flexibility index (Phi) is 5.56. The maximum absolute atomic E-state index is 4.80. The molecule has 0 amide bonds. The standard InChI is InChI=1S/C16H24N4S/c1-5-8-14-18-15(17-4)12(3)16(19-14)20(6-2)11-13-9-7-10-21-13/h7,9-10H,5-6,8,11H2,1-4H3,(H,17,18,19). The van der Waals surface area contributed by atoms with Crippen LogP contribution in [-0.2, 0) is 13.0 Å². The molecule has 0 unspecified atom stereocenters. The monoisotopic (exact) mass is 304 g/mol. The van der Waals surface area contributed by atoms with Gasteiger partial charge in [0.05, 0.1) is 6.54 Å². The van der Waals surface area contributed by atoms with E-state index in [1.807, 2.05) is 7.05 Å². The molecule has 0 radical (unpaired) electrons. The smallest absolute Gasteiger partial charge is 0.137 e. The van der Waals surface area contributed by atoms with Crippen molar-refractivity contribution in [3.8, 4) is 0 Å². The van der Waals surface area contributed by atoms with Crippen molar-refractivity contribution in [2.24, 2.45) is 0 Å². The molecule has 21 heavy (non-hydrogen) atoms. The van der Waals surface area contributed by atoms with Crippen molar-refractivity contribution >= 4 is 23.0 Å². The molecule has 0 spiro atoms.